The molecule has 0 spiro atoms. The van der Waals surface area contributed by atoms with Gasteiger partial charge in [0.15, 0.2) is 5.13 Å². The predicted molar refractivity (Wildman–Crippen MR) is 121 cm³/mol. The molecule has 4 rings (SSSR count). The van der Waals surface area contributed by atoms with Gasteiger partial charge in [0.1, 0.15) is 5.69 Å². The lowest BCUT2D eigenvalue weighted by Crippen LogP contribution is -2.32. The number of carbonyl (C=O) groups excluding carboxylic acids is 1. The van der Waals surface area contributed by atoms with Gasteiger partial charge in [0, 0.05) is 17.3 Å². The van der Waals surface area contributed by atoms with E-state index in [0.717, 1.165) is 27.2 Å². The Morgan fingerprint density at radius 2 is 2.03 bits per heavy atom. The number of rotatable bonds is 5. The summed E-state index contributed by atoms with van der Waals surface area (Å²) in [6.07, 6.45) is 1.72. The van der Waals surface area contributed by atoms with Gasteiger partial charge in [-0.25, -0.2) is 4.98 Å². The van der Waals surface area contributed by atoms with Gasteiger partial charge in [-0.05, 0) is 63.6 Å². The van der Waals surface area contributed by atoms with Crippen LogP contribution in [-0.4, -0.2) is 25.7 Å². The molecule has 30 heavy (non-hydrogen) atoms. The van der Waals surface area contributed by atoms with Crippen LogP contribution in [0.5, 0.6) is 0 Å². The summed E-state index contributed by atoms with van der Waals surface area (Å²) < 4.78 is 2.75. The number of anilines is 1. The van der Waals surface area contributed by atoms with Gasteiger partial charge in [-0.2, -0.15) is 5.10 Å². The van der Waals surface area contributed by atoms with Crippen LogP contribution in [0, 0.1) is 13.8 Å². The molecule has 1 amide bonds. The summed E-state index contributed by atoms with van der Waals surface area (Å²) in [6.45, 7) is 8.16. The minimum absolute atomic E-state index is 0.0609. The third-order valence-corrected chi connectivity index (χ3v) is 6.28. The lowest BCUT2D eigenvalue weighted by molar-refractivity contribution is 0.0972. The van der Waals surface area contributed by atoms with Crippen LogP contribution < -0.4 is 4.90 Å². The molecule has 3 aromatic heterocycles. The molecular formula is C22H22ClN5OS. The van der Waals surface area contributed by atoms with E-state index in [-0.39, 0.29) is 11.9 Å². The van der Waals surface area contributed by atoms with E-state index in [2.05, 4.69) is 10.1 Å². The topological polar surface area (TPSA) is 63.9 Å². The molecule has 0 aliphatic rings. The standard InChI is InChI=1S/C22H22ClN5OS/c1-13(2)28-18(11-14(3)26-28)21(29)27(12-16-7-5-6-10-24-16)22-25-20-15(4)17(23)8-9-19(20)30-22/h5-11,13H,12H2,1-4H3. The summed E-state index contributed by atoms with van der Waals surface area (Å²) in [7, 11) is 0. The summed E-state index contributed by atoms with van der Waals surface area (Å²) in [5, 5.41) is 5.78. The molecule has 0 atom stereocenters. The number of aryl methyl sites for hydroxylation is 2. The number of halogens is 1. The van der Waals surface area contributed by atoms with Gasteiger partial charge in [-0.3, -0.25) is 19.4 Å². The fourth-order valence-electron chi connectivity index (χ4n) is 3.29. The van der Waals surface area contributed by atoms with Gasteiger partial charge in [-0.1, -0.05) is 29.0 Å². The Bertz CT molecular complexity index is 1220. The van der Waals surface area contributed by atoms with Crippen LogP contribution in [0.4, 0.5) is 5.13 Å². The van der Waals surface area contributed by atoms with Crippen molar-refractivity contribution in [2.24, 2.45) is 0 Å². The second-order valence-electron chi connectivity index (χ2n) is 7.44. The van der Waals surface area contributed by atoms with Crippen molar-refractivity contribution < 1.29 is 4.79 Å². The van der Waals surface area contributed by atoms with E-state index in [1.807, 2.05) is 64.1 Å². The number of hydrogen-bond donors (Lipinski definition) is 0. The molecule has 6 nitrogen and oxygen atoms in total. The molecule has 3 heterocycles. The van der Waals surface area contributed by atoms with Crippen LogP contribution in [0.3, 0.4) is 0 Å². The first-order valence-corrected chi connectivity index (χ1v) is 10.9. The van der Waals surface area contributed by atoms with Crippen LogP contribution in [0.2, 0.25) is 5.02 Å². The Morgan fingerprint density at radius 3 is 2.73 bits per heavy atom. The summed E-state index contributed by atoms with van der Waals surface area (Å²) in [4.78, 5) is 24.6. The first kappa shape index (κ1) is 20.5. The highest BCUT2D eigenvalue weighted by molar-refractivity contribution is 7.22. The maximum Gasteiger partial charge on any atom is 0.278 e. The highest BCUT2D eigenvalue weighted by atomic mass is 35.5. The second kappa shape index (κ2) is 8.16. The second-order valence-corrected chi connectivity index (χ2v) is 8.85. The van der Waals surface area contributed by atoms with Crippen molar-refractivity contribution in [2.45, 2.75) is 40.3 Å². The van der Waals surface area contributed by atoms with Crippen LogP contribution >= 0.6 is 22.9 Å². The van der Waals surface area contributed by atoms with Gasteiger partial charge in [0.2, 0.25) is 0 Å². The maximum absolute atomic E-state index is 13.7. The molecule has 0 N–H and O–H groups in total. The Balaban J connectivity index is 1.83. The first-order chi connectivity index (χ1) is 14.3. The van der Waals surface area contributed by atoms with Crippen LogP contribution in [0.25, 0.3) is 10.2 Å². The number of thiazole rings is 1. The molecule has 0 bridgehead atoms. The number of fused-ring (bicyclic) bond motifs is 1. The lowest BCUT2D eigenvalue weighted by atomic mass is 10.2. The highest BCUT2D eigenvalue weighted by Crippen LogP contribution is 2.34. The largest absolute Gasteiger partial charge is 0.278 e. The number of amides is 1. The van der Waals surface area contributed by atoms with Crippen molar-refractivity contribution in [3.63, 3.8) is 0 Å². The van der Waals surface area contributed by atoms with E-state index in [0.29, 0.717) is 22.4 Å². The van der Waals surface area contributed by atoms with Gasteiger partial charge in [-0.15, -0.1) is 0 Å². The molecule has 8 heteroatoms. The van der Waals surface area contributed by atoms with E-state index in [1.54, 1.807) is 15.8 Å². The minimum atomic E-state index is -0.155. The monoisotopic (exact) mass is 439 g/mol. The molecule has 154 valence electrons. The average Bonchev–Trinajstić information content (AvgIpc) is 3.33. The number of pyridine rings is 1. The Hall–Kier alpha value is -2.77. The molecular weight excluding hydrogens is 418 g/mol. The van der Waals surface area contributed by atoms with Crippen LogP contribution in [0.1, 0.15) is 47.3 Å². The van der Waals surface area contributed by atoms with Crippen molar-refractivity contribution in [3.05, 3.63) is 70.3 Å². The molecule has 0 unspecified atom stereocenters. The molecule has 0 saturated carbocycles. The SMILES string of the molecule is Cc1cc(C(=O)N(Cc2ccccn2)c2nc3c(C)c(Cl)ccc3s2)n(C(C)C)n1. The zero-order valence-corrected chi connectivity index (χ0v) is 18.8. The molecule has 4 aromatic rings. The van der Waals surface area contributed by atoms with Gasteiger partial charge in [0.25, 0.3) is 5.91 Å². The van der Waals surface area contributed by atoms with Crippen LogP contribution in [0.15, 0.2) is 42.6 Å². The third kappa shape index (κ3) is 3.82. The summed E-state index contributed by atoms with van der Waals surface area (Å²) in [5.41, 5.74) is 3.84. The Morgan fingerprint density at radius 1 is 1.23 bits per heavy atom. The van der Waals surface area contributed by atoms with E-state index in [4.69, 9.17) is 16.6 Å². The summed E-state index contributed by atoms with van der Waals surface area (Å²) >= 11 is 7.75. The third-order valence-electron chi connectivity index (χ3n) is 4.83. The number of nitrogens with zero attached hydrogens (tertiary/aromatic N) is 5. The zero-order chi connectivity index (χ0) is 21.4. The highest BCUT2D eigenvalue weighted by Gasteiger charge is 2.26. The van der Waals surface area contributed by atoms with Crippen molar-refractivity contribution in [1.29, 1.82) is 0 Å². The fourth-order valence-corrected chi connectivity index (χ4v) is 4.47. The number of benzene rings is 1. The Labute approximate surface area is 184 Å². The lowest BCUT2D eigenvalue weighted by Gasteiger charge is -2.21. The number of hydrogen-bond acceptors (Lipinski definition) is 5. The van der Waals surface area contributed by atoms with E-state index < -0.39 is 0 Å². The van der Waals surface area contributed by atoms with Crippen molar-refractivity contribution in [2.75, 3.05) is 4.90 Å². The molecule has 0 radical (unpaired) electrons. The van der Waals surface area contributed by atoms with Gasteiger partial charge < -0.3 is 0 Å². The van der Waals surface area contributed by atoms with Gasteiger partial charge >= 0.3 is 0 Å². The predicted octanol–water partition coefficient (Wildman–Crippen LogP) is 5.59. The Kier molecular flexibility index (Phi) is 5.58. The summed E-state index contributed by atoms with van der Waals surface area (Å²) in [6, 6.07) is 11.4. The zero-order valence-electron chi connectivity index (χ0n) is 17.3. The fraction of sp³-hybridized carbons (Fsp3) is 0.273. The molecule has 0 aliphatic carbocycles. The maximum atomic E-state index is 13.7. The minimum Gasteiger partial charge on any atom is -0.277 e. The van der Waals surface area contributed by atoms with Crippen molar-refractivity contribution >= 4 is 44.2 Å². The molecule has 0 fully saturated rings. The molecule has 1 aromatic carbocycles. The average molecular weight is 440 g/mol. The van der Waals surface area contributed by atoms with E-state index >= 15 is 0 Å². The normalized spacial score (nSPS) is 11.4. The number of aromatic nitrogens is 4. The quantitative estimate of drug-likeness (QED) is 0.406. The van der Waals surface area contributed by atoms with Crippen LogP contribution in [-0.2, 0) is 6.54 Å². The molecule has 0 aliphatic heterocycles. The molecule has 0 saturated heterocycles. The number of carbonyl (C=O) groups is 1. The summed E-state index contributed by atoms with van der Waals surface area (Å²) in [5.74, 6) is -0.155. The van der Waals surface area contributed by atoms with Crippen molar-refractivity contribution in [1.82, 2.24) is 19.7 Å². The van der Waals surface area contributed by atoms with Gasteiger partial charge in [0.05, 0.1) is 28.1 Å². The van der Waals surface area contributed by atoms with E-state index in [9.17, 15) is 4.79 Å². The van der Waals surface area contributed by atoms with E-state index in [1.165, 1.54) is 11.3 Å². The first-order valence-electron chi connectivity index (χ1n) is 9.68. The van der Waals surface area contributed by atoms with Crippen molar-refractivity contribution in [3.8, 4) is 0 Å². The smallest absolute Gasteiger partial charge is 0.277 e.